The van der Waals surface area contributed by atoms with Gasteiger partial charge >= 0.3 is 0 Å². The van der Waals surface area contributed by atoms with Gasteiger partial charge in [0.05, 0.1) is 6.54 Å². The molecule has 0 atom stereocenters. The fourth-order valence-corrected chi connectivity index (χ4v) is 1.49. The lowest BCUT2D eigenvalue weighted by molar-refractivity contribution is -0.130. The molecule has 3 N–H and O–H groups in total. The highest BCUT2D eigenvalue weighted by Crippen LogP contribution is 2.14. The zero-order valence-corrected chi connectivity index (χ0v) is 12.9. The first-order chi connectivity index (χ1) is 10.0. The van der Waals surface area contributed by atoms with E-state index in [9.17, 15) is 4.79 Å². The molecule has 0 aliphatic rings. The maximum Gasteiger partial charge on any atom is 0.259 e. The van der Waals surface area contributed by atoms with Crippen molar-refractivity contribution in [2.75, 3.05) is 27.2 Å². The number of likely N-dealkylation sites (N-methyl/N-ethyl adjacent to an activating group) is 1. The van der Waals surface area contributed by atoms with Gasteiger partial charge in [0, 0.05) is 20.6 Å². The summed E-state index contributed by atoms with van der Waals surface area (Å²) in [5.74, 6) is 1.01. The van der Waals surface area contributed by atoms with Gasteiger partial charge in [0.2, 0.25) is 0 Å². The van der Waals surface area contributed by atoms with Crippen molar-refractivity contribution in [1.29, 1.82) is 0 Å². The summed E-state index contributed by atoms with van der Waals surface area (Å²) in [6.45, 7) is 3.38. The van der Waals surface area contributed by atoms with Crippen LogP contribution in [0.1, 0.15) is 18.9 Å². The van der Waals surface area contributed by atoms with Crippen molar-refractivity contribution in [3.63, 3.8) is 0 Å². The number of carbonyl (C=O) groups excluding carboxylic acids is 1. The highest BCUT2D eigenvalue weighted by molar-refractivity contribution is 5.78. The quantitative estimate of drug-likeness (QED) is 0.579. The van der Waals surface area contributed by atoms with Crippen LogP contribution in [-0.4, -0.2) is 44.0 Å². The van der Waals surface area contributed by atoms with Crippen molar-refractivity contribution in [2.24, 2.45) is 10.7 Å². The second kappa shape index (κ2) is 8.84. The highest BCUT2D eigenvalue weighted by atomic mass is 16.5. The predicted molar refractivity (Wildman–Crippen MR) is 84.3 cm³/mol. The molecule has 6 heteroatoms. The third kappa shape index (κ3) is 6.65. The highest BCUT2D eigenvalue weighted by Gasteiger charge is 2.05. The molecule has 0 bridgehead atoms. The van der Waals surface area contributed by atoms with Crippen LogP contribution in [0.3, 0.4) is 0 Å². The molecule has 0 radical (unpaired) electrons. The molecule has 0 spiro atoms. The number of hydrogen-bond donors (Lipinski definition) is 2. The number of nitrogens with one attached hydrogen (secondary N) is 1. The van der Waals surface area contributed by atoms with Gasteiger partial charge in [0.1, 0.15) is 5.75 Å². The van der Waals surface area contributed by atoms with E-state index in [1.54, 1.807) is 14.1 Å². The number of nitrogens with zero attached hydrogens (tertiary/aromatic N) is 2. The molecule has 0 saturated carbocycles. The fourth-order valence-electron chi connectivity index (χ4n) is 1.49. The molecule has 0 aromatic heterocycles. The second-order valence-electron chi connectivity index (χ2n) is 4.85. The van der Waals surface area contributed by atoms with Gasteiger partial charge in [-0.25, -0.2) is 4.99 Å². The minimum atomic E-state index is -0.0774. The second-order valence-corrected chi connectivity index (χ2v) is 4.85. The van der Waals surface area contributed by atoms with E-state index in [0.29, 0.717) is 18.3 Å². The Labute approximate surface area is 126 Å². The third-order valence-electron chi connectivity index (χ3n) is 2.75. The molecule has 6 nitrogen and oxygen atoms in total. The number of ether oxygens (including phenoxy) is 1. The van der Waals surface area contributed by atoms with Gasteiger partial charge in [-0.05, 0) is 24.1 Å². The number of hydrogen-bond acceptors (Lipinski definition) is 3. The molecule has 0 saturated heterocycles. The minimum absolute atomic E-state index is 0.0277. The average Bonchev–Trinajstić information content (AvgIpc) is 2.48. The summed E-state index contributed by atoms with van der Waals surface area (Å²) in [7, 11) is 3.39. The van der Waals surface area contributed by atoms with Gasteiger partial charge in [0.15, 0.2) is 12.6 Å². The Balaban J connectivity index is 2.54. The van der Waals surface area contributed by atoms with Crippen LogP contribution in [-0.2, 0) is 11.3 Å². The van der Waals surface area contributed by atoms with Crippen molar-refractivity contribution in [2.45, 2.75) is 19.9 Å². The van der Waals surface area contributed by atoms with E-state index in [4.69, 9.17) is 10.5 Å². The molecule has 21 heavy (non-hydrogen) atoms. The Kier molecular flexibility index (Phi) is 7.08. The molecule has 0 heterocycles. The van der Waals surface area contributed by atoms with Crippen molar-refractivity contribution < 1.29 is 9.53 Å². The molecule has 0 aliphatic carbocycles. The molecule has 0 aliphatic heterocycles. The monoisotopic (exact) mass is 292 g/mol. The number of rotatable bonds is 7. The number of benzene rings is 1. The topological polar surface area (TPSA) is 80.0 Å². The lowest BCUT2D eigenvalue weighted by Crippen LogP contribution is -2.32. The van der Waals surface area contributed by atoms with E-state index in [-0.39, 0.29) is 12.5 Å². The predicted octanol–water partition coefficient (Wildman–Crippen LogP) is 0.968. The van der Waals surface area contributed by atoms with Gasteiger partial charge in [-0.15, -0.1) is 0 Å². The Bertz CT molecular complexity index is 486. The Morgan fingerprint density at radius 1 is 1.43 bits per heavy atom. The van der Waals surface area contributed by atoms with Gasteiger partial charge in [-0.2, -0.15) is 0 Å². The number of guanidine groups is 1. The smallest absolute Gasteiger partial charge is 0.259 e. The lowest BCUT2D eigenvalue weighted by atomic mass is 10.2. The zero-order valence-electron chi connectivity index (χ0n) is 12.9. The molecular weight excluding hydrogens is 268 g/mol. The van der Waals surface area contributed by atoms with E-state index in [2.05, 4.69) is 17.2 Å². The van der Waals surface area contributed by atoms with Gasteiger partial charge in [-0.3, -0.25) is 4.79 Å². The maximum absolute atomic E-state index is 11.5. The first-order valence-corrected chi connectivity index (χ1v) is 6.98. The first-order valence-electron chi connectivity index (χ1n) is 6.98. The van der Waals surface area contributed by atoms with E-state index >= 15 is 0 Å². The molecule has 1 rings (SSSR count). The molecule has 1 aromatic carbocycles. The minimum Gasteiger partial charge on any atom is -0.484 e. The number of nitrogens with two attached hydrogens (primary N) is 1. The first kappa shape index (κ1) is 16.8. The number of amides is 1. The molecular formula is C15H24N4O2. The molecule has 116 valence electrons. The van der Waals surface area contributed by atoms with E-state index in [1.165, 1.54) is 4.90 Å². The molecule has 0 fully saturated rings. The molecule has 0 unspecified atom stereocenters. The lowest BCUT2D eigenvalue weighted by Gasteiger charge is -2.11. The Morgan fingerprint density at radius 2 is 2.19 bits per heavy atom. The standard InChI is InChI=1S/C15H24N4O2/c1-4-8-17-15(16)18-10-12-6-5-7-13(9-12)21-11-14(20)19(2)3/h5-7,9H,4,8,10-11H2,1-3H3,(H3,16,17,18). The third-order valence-corrected chi connectivity index (χ3v) is 2.75. The van der Waals surface area contributed by atoms with E-state index in [1.807, 2.05) is 24.3 Å². The van der Waals surface area contributed by atoms with Gasteiger partial charge < -0.3 is 20.7 Å². The molecule has 1 amide bonds. The summed E-state index contributed by atoms with van der Waals surface area (Å²) < 4.78 is 5.45. The van der Waals surface area contributed by atoms with Crippen LogP contribution in [0.5, 0.6) is 5.75 Å². The van der Waals surface area contributed by atoms with Crippen molar-refractivity contribution in [3.05, 3.63) is 29.8 Å². The largest absolute Gasteiger partial charge is 0.484 e. The van der Waals surface area contributed by atoms with Gasteiger partial charge in [-0.1, -0.05) is 19.1 Å². The summed E-state index contributed by atoms with van der Waals surface area (Å²) in [5.41, 5.74) is 6.71. The summed E-state index contributed by atoms with van der Waals surface area (Å²) in [6.07, 6.45) is 0.999. The van der Waals surface area contributed by atoms with Crippen molar-refractivity contribution >= 4 is 11.9 Å². The van der Waals surface area contributed by atoms with E-state index < -0.39 is 0 Å². The van der Waals surface area contributed by atoms with Crippen LogP contribution in [0.4, 0.5) is 0 Å². The maximum atomic E-state index is 11.5. The van der Waals surface area contributed by atoms with Crippen LogP contribution >= 0.6 is 0 Å². The zero-order chi connectivity index (χ0) is 15.7. The van der Waals surface area contributed by atoms with Crippen molar-refractivity contribution in [1.82, 2.24) is 10.2 Å². The van der Waals surface area contributed by atoms with Crippen LogP contribution in [0.25, 0.3) is 0 Å². The number of carbonyl (C=O) groups is 1. The summed E-state index contributed by atoms with van der Waals surface area (Å²) in [5, 5.41) is 3.02. The summed E-state index contributed by atoms with van der Waals surface area (Å²) in [6, 6.07) is 7.49. The SMILES string of the molecule is CCCNC(N)=NCc1cccc(OCC(=O)N(C)C)c1. The van der Waals surface area contributed by atoms with E-state index in [0.717, 1.165) is 18.5 Å². The Hall–Kier alpha value is -2.24. The summed E-state index contributed by atoms with van der Waals surface area (Å²) in [4.78, 5) is 17.2. The van der Waals surface area contributed by atoms with Crippen molar-refractivity contribution in [3.8, 4) is 5.75 Å². The van der Waals surface area contributed by atoms with Crippen LogP contribution in [0, 0.1) is 0 Å². The van der Waals surface area contributed by atoms with Crippen LogP contribution in [0.2, 0.25) is 0 Å². The van der Waals surface area contributed by atoms with Crippen LogP contribution in [0.15, 0.2) is 29.3 Å². The normalized spacial score (nSPS) is 11.1. The number of aliphatic imine (C=N–C) groups is 1. The fraction of sp³-hybridized carbons (Fsp3) is 0.467. The average molecular weight is 292 g/mol. The van der Waals surface area contributed by atoms with Gasteiger partial charge in [0.25, 0.3) is 5.91 Å². The van der Waals surface area contributed by atoms with Crippen LogP contribution < -0.4 is 15.8 Å². The molecule has 1 aromatic rings. The Morgan fingerprint density at radius 3 is 2.86 bits per heavy atom. The summed E-state index contributed by atoms with van der Waals surface area (Å²) >= 11 is 0.